The average Bonchev–Trinajstić information content (AvgIpc) is 3.04. The minimum Gasteiger partial charge on any atom is -0.393 e. The van der Waals surface area contributed by atoms with E-state index in [1.807, 2.05) is 4.90 Å². The largest absolute Gasteiger partial charge is 0.393 e. The van der Waals surface area contributed by atoms with Crippen molar-refractivity contribution in [1.82, 2.24) is 9.97 Å². The maximum Gasteiger partial charge on any atom is 0.345 e. The van der Waals surface area contributed by atoms with E-state index in [0.29, 0.717) is 49.1 Å². The molecule has 6 nitrogen and oxygen atoms in total. The number of rotatable bonds is 5. The Balaban J connectivity index is 1.69. The van der Waals surface area contributed by atoms with E-state index in [1.54, 1.807) is 0 Å². The fraction of sp³-hybridized carbons (Fsp3) is 0.706. The topological polar surface area (TPSA) is 82.3 Å². The number of ether oxygens (including phenoxy) is 1. The van der Waals surface area contributed by atoms with Crippen LogP contribution in [0.15, 0.2) is 6.20 Å². The van der Waals surface area contributed by atoms with E-state index in [2.05, 4.69) is 20.8 Å². The predicted octanol–water partition coefficient (Wildman–Crippen LogP) is 2.26. The van der Waals surface area contributed by atoms with E-state index in [0.717, 1.165) is 25.7 Å². The first kappa shape index (κ1) is 18.0. The average molecular weight is 352 g/mol. The van der Waals surface area contributed by atoms with Gasteiger partial charge in [0.05, 0.1) is 18.4 Å². The Kier molecular flexibility index (Phi) is 5.76. The van der Waals surface area contributed by atoms with Crippen molar-refractivity contribution in [3.8, 4) is 6.07 Å². The number of nitriles is 1. The molecular weight excluding hydrogens is 330 g/mol. The smallest absolute Gasteiger partial charge is 0.345 e. The van der Waals surface area contributed by atoms with E-state index >= 15 is 0 Å². The zero-order valence-corrected chi connectivity index (χ0v) is 13.9. The number of aliphatic hydroxyl groups is 1. The van der Waals surface area contributed by atoms with Gasteiger partial charge in [-0.25, -0.2) is 9.97 Å². The molecule has 0 aromatic carbocycles. The minimum absolute atomic E-state index is 0.204. The van der Waals surface area contributed by atoms with E-state index < -0.39 is 12.7 Å². The van der Waals surface area contributed by atoms with Crippen molar-refractivity contribution in [2.24, 2.45) is 5.92 Å². The summed E-state index contributed by atoms with van der Waals surface area (Å²) in [6.07, 6.45) is 5.41. The van der Waals surface area contributed by atoms with Gasteiger partial charge in [0.2, 0.25) is 0 Å². The summed E-state index contributed by atoms with van der Waals surface area (Å²) in [4.78, 5) is 10.6. The second-order valence-electron chi connectivity index (χ2n) is 6.77. The molecule has 1 unspecified atom stereocenters. The Hall–Kier alpha value is -1.85. The first-order valence-electron chi connectivity index (χ1n) is 8.67. The molecule has 1 saturated carbocycles. The zero-order valence-electron chi connectivity index (χ0n) is 13.9. The van der Waals surface area contributed by atoms with Gasteiger partial charge in [-0.15, -0.1) is 0 Å². The number of aromatic nitrogens is 2. The molecule has 2 fully saturated rings. The summed E-state index contributed by atoms with van der Waals surface area (Å²) in [6.45, 7) is -1.97. The standard InChI is InChI=1S/C17H22F2N4O2/c18-17(19)25-14-5-6-23(10-14)16-12(8-20)9-21-15(22-16)7-11-1-3-13(24)4-2-11/h9,11,13-14,17,24H,1-7,10H2/t11-,13-,14?. The maximum atomic E-state index is 12.4. The quantitative estimate of drug-likeness (QED) is 0.875. The van der Waals surface area contributed by atoms with Crippen LogP contribution in [0, 0.1) is 17.2 Å². The molecule has 2 aliphatic rings. The fourth-order valence-electron chi connectivity index (χ4n) is 3.61. The van der Waals surface area contributed by atoms with Crippen LogP contribution >= 0.6 is 0 Å². The molecule has 1 N–H and O–H groups in total. The van der Waals surface area contributed by atoms with Crippen LogP contribution in [0.4, 0.5) is 14.6 Å². The third-order valence-corrected chi connectivity index (χ3v) is 4.97. The molecule has 1 aromatic heterocycles. The number of hydrogen-bond donors (Lipinski definition) is 1. The van der Waals surface area contributed by atoms with Crippen LogP contribution < -0.4 is 4.90 Å². The molecule has 1 saturated heterocycles. The summed E-state index contributed by atoms with van der Waals surface area (Å²) in [5.74, 6) is 1.59. The normalized spacial score (nSPS) is 26.8. The lowest BCUT2D eigenvalue weighted by molar-refractivity contribution is -0.156. The van der Waals surface area contributed by atoms with Gasteiger partial charge in [0, 0.05) is 19.5 Å². The van der Waals surface area contributed by atoms with E-state index in [4.69, 9.17) is 0 Å². The number of hydrogen-bond acceptors (Lipinski definition) is 6. The van der Waals surface area contributed by atoms with Crippen molar-refractivity contribution in [3.63, 3.8) is 0 Å². The third-order valence-electron chi connectivity index (χ3n) is 4.97. The molecule has 0 amide bonds. The van der Waals surface area contributed by atoms with Crippen LogP contribution in [-0.2, 0) is 11.2 Å². The summed E-state index contributed by atoms with van der Waals surface area (Å²) in [5, 5.41) is 18.9. The van der Waals surface area contributed by atoms with Gasteiger partial charge in [-0.3, -0.25) is 0 Å². The fourth-order valence-corrected chi connectivity index (χ4v) is 3.61. The van der Waals surface area contributed by atoms with Crippen LogP contribution in [0.25, 0.3) is 0 Å². The molecule has 8 heteroatoms. The molecule has 0 radical (unpaired) electrons. The van der Waals surface area contributed by atoms with Gasteiger partial charge < -0.3 is 14.7 Å². The Labute approximate surface area is 145 Å². The first-order valence-corrected chi connectivity index (χ1v) is 8.67. The van der Waals surface area contributed by atoms with Crippen LogP contribution in [0.1, 0.15) is 43.5 Å². The highest BCUT2D eigenvalue weighted by Gasteiger charge is 2.29. The highest BCUT2D eigenvalue weighted by molar-refractivity contribution is 5.53. The molecule has 0 bridgehead atoms. The van der Waals surface area contributed by atoms with Gasteiger partial charge in [-0.05, 0) is 38.0 Å². The summed E-state index contributed by atoms with van der Waals surface area (Å²) in [5.41, 5.74) is 0.348. The number of anilines is 1. The molecule has 136 valence electrons. The van der Waals surface area contributed by atoms with Gasteiger partial charge in [0.25, 0.3) is 0 Å². The Bertz CT molecular complexity index is 630. The molecule has 0 spiro atoms. The minimum atomic E-state index is -2.79. The van der Waals surface area contributed by atoms with Crippen LogP contribution in [0.2, 0.25) is 0 Å². The second-order valence-corrected chi connectivity index (χ2v) is 6.77. The molecule has 1 aromatic rings. The van der Waals surface area contributed by atoms with Gasteiger partial charge in [0.1, 0.15) is 23.3 Å². The zero-order chi connectivity index (χ0) is 17.8. The predicted molar refractivity (Wildman–Crippen MR) is 86.1 cm³/mol. The summed E-state index contributed by atoms with van der Waals surface area (Å²) >= 11 is 0. The number of nitrogens with zero attached hydrogens (tertiary/aromatic N) is 4. The molecule has 1 aliphatic carbocycles. The maximum absolute atomic E-state index is 12.4. The molecule has 1 atom stereocenters. The highest BCUT2D eigenvalue weighted by Crippen LogP contribution is 2.28. The number of alkyl halides is 2. The van der Waals surface area contributed by atoms with E-state index in [-0.39, 0.29) is 6.10 Å². The Morgan fingerprint density at radius 1 is 1.32 bits per heavy atom. The Morgan fingerprint density at radius 3 is 2.76 bits per heavy atom. The molecular formula is C17H22F2N4O2. The van der Waals surface area contributed by atoms with Crippen LogP contribution in [0.5, 0.6) is 0 Å². The van der Waals surface area contributed by atoms with Gasteiger partial charge in [-0.1, -0.05) is 0 Å². The summed E-state index contributed by atoms with van der Waals surface area (Å²) < 4.78 is 29.3. The SMILES string of the molecule is N#Cc1cnc(C[C@H]2CC[C@H](O)CC2)nc1N1CCC(OC(F)F)C1. The second kappa shape index (κ2) is 8.02. The lowest BCUT2D eigenvalue weighted by Gasteiger charge is -2.25. The van der Waals surface area contributed by atoms with Gasteiger partial charge in [0.15, 0.2) is 0 Å². The third kappa shape index (κ3) is 4.61. The number of aliphatic hydroxyl groups excluding tert-OH is 1. The molecule has 2 heterocycles. The van der Waals surface area contributed by atoms with Gasteiger partial charge >= 0.3 is 6.61 Å². The van der Waals surface area contributed by atoms with Crippen molar-refractivity contribution in [2.45, 2.75) is 57.3 Å². The Morgan fingerprint density at radius 2 is 2.08 bits per heavy atom. The summed E-state index contributed by atoms with van der Waals surface area (Å²) in [7, 11) is 0. The van der Waals surface area contributed by atoms with Crippen molar-refractivity contribution in [3.05, 3.63) is 17.6 Å². The van der Waals surface area contributed by atoms with Crippen molar-refractivity contribution in [2.75, 3.05) is 18.0 Å². The lowest BCUT2D eigenvalue weighted by atomic mass is 9.85. The van der Waals surface area contributed by atoms with E-state index in [1.165, 1.54) is 6.20 Å². The lowest BCUT2D eigenvalue weighted by Crippen LogP contribution is -2.26. The monoisotopic (exact) mass is 352 g/mol. The van der Waals surface area contributed by atoms with Crippen molar-refractivity contribution < 1.29 is 18.6 Å². The molecule has 25 heavy (non-hydrogen) atoms. The van der Waals surface area contributed by atoms with Crippen molar-refractivity contribution in [1.29, 1.82) is 5.26 Å². The number of halogens is 2. The van der Waals surface area contributed by atoms with Gasteiger partial charge in [-0.2, -0.15) is 14.0 Å². The van der Waals surface area contributed by atoms with Crippen molar-refractivity contribution >= 4 is 5.82 Å². The van der Waals surface area contributed by atoms with Crippen LogP contribution in [-0.4, -0.2) is 47.0 Å². The first-order chi connectivity index (χ1) is 12.0. The van der Waals surface area contributed by atoms with E-state index in [9.17, 15) is 19.1 Å². The summed E-state index contributed by atoms with van der Waals surface area (Å²) in [6, 6.07) is 2.08. The molecule has 3 rings (SSSR count). The van der Waals surface area contributed by atoms with Crippen LogP contribution in [0.3, 0.4) is 0 Å². The highest BCUT2D eigenvalue weighted by atomic mass is 19.3. The molecule has 1 aliphatic heterocycles.